The Bertz CT molecular complexity index is 480. The summed E-state index contributed by atoms with van der Waals surface area (Å²) < 4.78 is 5.09. The topological polar surface area (TPSA) is 29.5 Å². The van der Waals surface area contributed by atoms with Gasteiger partial charge < -0.3 is 9.64 Å². The lowest BCUT2D eigenvalue weighted by molar-refractivity contribution is -0.127. The summed E-state index contributed by atoms with van der Waals surface area (Å²) in [5, 5.41) is 0. The van der Waals surface area contributed by atoms with E-state index in [1.54, 1.807) is 7.11 Å². The van der Waals surface area contributed by atoms with Crippen molar-refractivity contribution in [2.45, 2.75) is 33.6 Å². The first-order valence-electron chi connectivity index (χ1n) is 6.86. The normalized spacial score (nSPS) is 17.5. The molecular weight excluding hydrogens is 238 g/mol. The molecule has 0 atom stereocenters. The van der Waals surface area contributed by atoms with Crippen molar-refractivity contribution in [1.82, 2.24) is 0 Å². The van der Waals surface area contributed by atoms with Crippen LogP contribution in [0.2, 0.25) is 0 Å². The van der Waals surface area contributed by atoms with E-state index >= 15 is 0 Å². The van der Waals surface area contributed by atoms with Crippen LogP contribution >= 0.6 is 0 Å². The van der Waals surface area contributed by atoms with Crippen LogP contribution in [-0.2, 0) is 16.0 Å². The van der Waals surface area contributed by atoms with Crippen LogP contribution in [0, 0.1) is 12.3 Å². The number of amides is 1. The van der Waals surface area contributed by atoms with Gasteiger partial charge in [-0.25, -0.2) is 0 Å². The first kappa shape index (κ1) is 14.1. The van der Waals surface area contributed by atoms with Crippen molar-refractivity contribution < 1.29 is 9.53 Å². The number of rotatable bonds is 4. The van der Waals surface area contributed by atoms with Gasteiger partial charge in [-0.15, -0.1) is 0 Å². The van der Waals surface area contributed by atoms with Gasteiger partial charge in [-0.3, -0.25) is 4.79 Å². The summed E-state index contributed by atoms with van der Waals surface area (Å²) in [5.74, 6) is 0.224. The molecule has 1 aromatic carbocycles. The van der Waals surface area contributed by atoms with Gasteiger partial charge in [-0.05, 0) is 37.0 Å². The molecule has 1 aliphatic heterocycles. The van der Waals surface area contributed by atoms with Crippen molar-refractivity contribution in [3.63, 3.8) is 0 Å². The number of benzene rings is 1. The van der Waals surface area contributed by atoms with Gasteiger partial charge in [-0.1, -0.05) is 26.0 Å². The van der Waals surface area contributed by atoms with Crippen LogP contribution in [0.25, 0.3) is 0 Å². The molecule has 19 heavy (non-hydrogen) atoms. The molecule has 0 fully saturated rings. The highest BCUT2D eigenvalue weighted by atomic mass is 16.5. The second-order valence-corrected chi connectivity index (χ2v) is 6.00. The van der Waals surface area contributed by atoms with Gasteiger partial charge in [0.2, 0.25) is 5.91 Å². The van der Waals surface area contributed by atoms with Crippen LogP contribution in [-0.4, -0.2) is 26.2 Å². The highest BCUT2D eigenvalue weighted by Gasteiger charge is 2.38. The van der Waals surface area contributed by atoms with Crippen molar-refractivity contribution in [3.8, 4) is 0 Å². The predicted molar refractivity (Wildman–Crippen MR) is 77.5 cm³/mol. The Labute approximate surface area is 115 Å². The minimum atomic E-state index is -0.310. The molecule has 1 amide bonds. The first-order valence-corrected chi connectivity index (χ1v) is 6.86. The maximum Gasteiger partial charge on any atom is 0.232 e. The maximum absolute atomic E-state index is 12.6. The van der Waals surface area contributed by atoms with E-state index < -0.39 is 0 Å². The molecule has 1 aliphatic rings. The van der Waals surface area contributed by atoms with Crippen LogP contribution in [0.15, 0.2) is 18.2 Å². The van der Waals surface area contributed by atoms with E-state index in [1.165, 1.54) is 11.1 Å². The number of methoxy groups -OCH3 is 1. The summed E-state index contributed by atoms with van der Waals surface area (Å²) in [5.41, 5.74) is 3.24. The summed E-state index contributed by atoms with van der Waals surface area (Å²) >= 11 is 0. The Morgan fingerprint density at radius 3 is 2.79 bits per heavy atom. The molecule has 3 nitrogen and oxygen atoms in total. The SMILES string of the molecule is COCCCN1C(=O)C(C)(C)Cc2ccc(C)cc21. The van der Waals surface area contributed by atoms with Gasteiger partial charge in [0, 0.05) is 31.4 Å². The second kappa shape index (κ2) is 5.33. The maximum atomic E-state index is 12.6. The number of ether oxygens (including phenoxy) is 1. The third-order valence-electron chi connectivity index (χ3n) is 3.72. The Balaban J connectivity index is 2.33. The van der Waals surface area contributed by atoms with Crippen molar-refractivity contribution in [2.24, 2.45) is 5.41 Å². The average molecular weight is 261 g/mol. The highest BCUT2D eigenvalue weighted by Crippen LogP contribution is 2.37. The van der Waals surface area contributed by atoms with Gasteiger partial charge in [0.05, 0.1) is 0 Å². The minimum Gasteiger partial charge on any atom is -0.385 e. The number of hydrogen-bond donors (Lipinski definition) is 0. The van der Waals surface area contributed by atoms with Gasteiger partial charge in [0.25, 0.3) is 0 Å². The van der Waals surface area contributed by atoms with E-state index in [4.69, 9.17) is 4.74 Å². The Hall–Kier alpha value is -1.35. The lowest BCUT2D eigenvalue weighted by Gasteiger charge is -2.39. The fourth-order valence-corrected chi connectivity index (χ4v) is 2.69. The van der Waals surface area contributed by atoms with E-state index in [1.807, 2.05) is 18.7 Å². The Morgan fingerprint density at radius 2 is 2.11 bits per heavy atom. The fourth-order valence-electron chi connectivity index (χ4n) is 2.69. The zero-order chi connectivity index (χ0) is 14.0. The zero-order valence-corrected chi connectivity index (χ0v) is 12.3. The number of nitrogens with zero attached hydrogens (tertiary/aromatic N) is 1. The molecule has 0 spiro atoms. The average Bonchev–Trinajstić information content (AvgIpc) is 2.35. The zero-order valence-electron chi connectivity index (χ0n) is 12.3. The van der Waals surface area contributed by atoms with Crippen LogP contribution in [0.3, 0.4) is 0 Å². The lowest BCUT2D eigenvalue weighted by atomic mass is 9.80. The monoisotopic (exact) mass is 261 g/mol. The lowest BCUT2D eigenvalue weighted by Crippen LogP contribution is -2.47. The van der Waals surface area contributed by atoms with Crippen molar-refractivity contribution in [2.75, 3.05) is 25.2 Å². The molecule has 0 radical (unpaired) electrons. The third kappa shape index (κ3) is 2.81. The van der Waals surface area contributed by atoms with Gasteiger partial charge in [0.15, 0.2) is 0 Å². The number of anilines is 1. The number of carbonyl (C=O) groups is 1. The molecule has 1 aromatic rings. The van der Waals surface area contributed by atoms with E-state index in [9.17, 15) is 4.79 Å². The van der Waals surface area contributed by atoms with Crippen LogP contribution in [0.4, 0.5) is 5.69 Å². The molecule has 0 saturated carbocycles. The van der Waals surface area contributed by atoms with Crippen LogP contribution < -0.4 is 4.90 Å². The number of fused-ring (bicyclic) bond motifs is 1. The van der Waals surface area contributed by atoms with Crippen LogP contribution in [0.1, 0.15) is 31.4 Å². The summed E-state index contributed by atoms with van der Waals surface area (Å²) in [6.07, 6.45) is 1.69. The van der Waals surface area contributed by atoms with Gasteiger partial charge in [-0.2, -0.15) is 0 Å². The smallest absolute Gasteiger partial charge is 0.232 e. The van der Waals surface area contributed by atoms with Gasteiger partial charge in [0.1, 0.15) is 0 Å². The molecule has 1 heterocycles. The number of carbonyl (C=O) groups excluding carboxylic acids is 1. The van der Waals surface area contributed by atoms with Crippen molar-refractivity contribution in [3.05, 3.63) is 29.3 Å². The minimum absolute atomic E-state index is 0.224. The first-order chi connectivity index (χ1) is 8.95. The highest BCUT2D eigenvalue weighted by molar-refractivity contribution is 6.00. The Morgan fingerprint density at radius 1 is 1.37 bits per heavy atom. The van der Waals surface area contributed by atoms with Crippen molar-refractivity contribution >= 4 is 11.6 Å². The molecule has 104 valence electrons. The predicted octanol–water partition coefficient (Wildman–Crippen LogP) is 2.95. The molecule has 3 heteroatoms. The third-order valence-corrected chi connectivity index (χ3v) is 3.72. The molecule has 2 rings (SSSR count). The summed E-state index contributed by atoms with van der Waals surface area (Å²) in [4.78, 5) is 14.5. The summed E-state index contributed by atoms with van der Waals surface area (Å²) in [6.45, 7) is 7.54. The van der Waals surface area contributed by atoms with E-state index in [0.717, 1.165) is 25.1 Å². The van der Waals surface area contributed by atoms with Gasteiger partial charge >= 0.3 is 0 Å². The molecule has 0 aliphatic carbocycles. The largest absolute Gasteiger partial charge is 0.385 e. The van der Waals surface area contributed by atoms with E-state index in [2.05, 4.69) is 25.1 Å². The molecule has 0 bridgehead atoms. The molecule has 0 saturated heterocycles. The quantitative estimate of drug-likeness (QED) is 0.780. The summed E-state index contributed by atoms with van der Waals surface area (Å²) in [6, 6.07) is 6.40. The summed E-state index contributed by atoms with van der Waals surface area (Å²) in [7, 11) is 1.69. The standard InChI is InChI=1S/C16H23NO2/c1-12-6-7-13-11-16(2,3)15(18)17(14(13)10-12)8-5-9-19-4/h6-7,10H,5,8-9,11H2,1-4H3. The van der Waals surface area contributed by atoms with Crippen molar-refractivity contribution in [1.29, 1.82) is 0 Å². The number of hydrogen-bond acceptors (Lipinski definition) is 2. The van der Waals surface area contributed by atoms with E-state index in [0.29, 0.717) is 6.61 Å². The van der Waals surface area contributed by atoms with Crippen LogP contribution in [0.5, 0.6) is 0 Å². The number of aryl methyl sites for hydroxylation is 1. The van der Waals surface area contributed by atoms with E-state index in [-0.39, 0.29) is 11.3 Å². The molecular formula is C16H23NO2. The molecule has 0 unspecified atom stereocenters. The Kier molecular flexibility index (Phi) is 3.95. The fraction of sp³-hybridized carbons (Fsp3) is 0.562. The molecule has 0 N–H and O–H groups in total. The second-order valence-electron chi connectivity index (χ2n) is 6.00. The molecule has 0 aromatic heterocycles.